The Bertz CT molecular complexity index is 1390. The number of hydrogen-bond acceptors (Lipinski definition) is 7. The highest BCUT2D eigenvalue weighted by Gasteiger charge is 2.26. The number of nitrogens with zero attached hydrogens (tertiary/aromatic N) is 3. The zero-order chi connectivity index (χ0) is 26.5. The van der Waals surface area contributed by atoms with Gasteiger partial charge in [0.25, 0.3) is 0 Å². The Morgan fingerprint density at radius 2 is 1.83 bits per heavy atom. The number of aromatic nitrogens is 2. The van der Waals surface area contributed by atoms with Crippen LogP contribution in [0, 0.1) is 18.3 Å². The maximum Gasteiger partial charge on any atom is 0.236 e. The first-order chi connectivity index (χ1) is 16.9. The van der Waals surface area contributed by atoms with Crippen LogP contribution >= 0.6 is 23.2 Å². The van der Waals surface area contributed by atoms with E-state index >= 15 is 0 Å². The zero-order valence-electron chi connectivity index (χ0n) is 20.3. The van der Waals surface area contributed by atoms with Crippen LogP contribution in [-0.2, 0) is 22.0 Å². The lowest BCUT2D eigenvalue weighted by molar-refractivity contribution is 0.304. The fraction of sp³-hybridized carbons (Fsp3) is 0.320. The van der Waals surface area contributed by atoms with Crippen molar-refractivity contribution in [1.29, 1.82) is 5.26 Å². The number of sulfonamides is 1. The molecule has 1 N–H and O–H groups in total. The topological polar surface area (TPSA) is 114 Å². The second-order valence-electron chi connectivity index (χ2n) is 8.60. The lowest BCUT2D eigenvalue weighted by Crippen LogP contribution is -2.19. The van der Waals surface area contributed by atoms with Gasteiger partial charge in [-0.3, -0.25) is 4.72 Å². The van der Waals surface area contributed by atoms with E-state index in [1.54, 1.807) is 19.1 Å². The van der Waals surface area contributed by atoms with Crippen LogP contribution in [-0.4, -0.2) is 37.1 Å². The molecule has 1 heterocycles. The lowest BCUT2D eigenvalue weighted by atomic mass is 9.77. The van der Waals surface area contributed by atoms with Crippen LogP contribution in [0.1, 0.15) is 41.8 Å². The van der Waals surface area contributed by atoms with Gasteiger partial charge in [-0.15, -0.1) is 11.6 Å². The molecular formula is C25H26Cl2N4O4S. The Balaban J connectivity index is 1.75. The van der Waals surface area contributed by atoms with Gasteiger partial charge in [-0.1, -0.05) is 37.6 Å². The fourth-order valence-electron chi connectivity index (χ4n) is 3.47. The second-order valence-corrected chi connectivity index (χ2v) is 11.1. The molecule has 0 aliphatic carbocycles. The van der Waals surface area contributed by atoms with Crippen molar-refractivity contribution in [3.05, 3.63) is 75.6 Å². The van der Waals surface area contributed by atoms with Crippen LogP contribution in [0.3, 0.4) is 0 Å². The molecule has 0 fully saturated rings. The number of nitrogens with one attached hydrogen (secondary N) is 1. The van der Waals surface area contributed by atoms with Gasteiger partial charge in [0.15, 0.2) is 5.75 Å². The Morgan fingerprint density at radius 3 is 2.42 bits per heavy atom. The molecular weight excluding hydrogens is 523 g/mol. The van der Waals surface area contributed by atoms with E-state index in [1.807, 2.05) is 38.1 Å². The van der Waals surface area contributed by atoms with Crippen molar-refractivity contribution in [3.63, 3.8) is 0 Å². The fourth-order valence-corrected chi connectivity index (χ4v) is 4.25. The van der Waals surface area contributed by atoms with E-state index in [0.29, 0.717) is 33.7 Å². The van der Waals surface area contributed by atoms with Crippen molar-refractivity contribution in [2.45, 2.75) is 32.8 Å². The molecule has 1 aromatic heterocycles. The third-order valence-electron chi connectivity index (χ3n) is 5.54. The van der Waals surface area contributed by atoms with Crippen molar-refractivity contribution in [3.8, 4) is 17.6 Å². The Labute approximate surface area is 221 Å². The summed E-state index contributed by atoms with van der Waals surface area (Å²) in [6.45, 7) is 6.32. The van der Waals surface area contributed by atoms with Crippen molar-refractivity contribution in [2.75, 3.05) is 23.5 Å². The first-order valence-corrected chi connectivity index (χ1v) is 13.7. The highest BCUT2D eigenvalue weighted by atomic mass is 35.5. The number of rotatable bonds is 10. The van der Waals surface area contributed by atoms with Crippen molar-refractivity contribution < 1.29 is 17.9 Å². The smallest absolute Gasteiger partial charge is 0.236 e. The van der Waals surface area contributed by atoms with E-state index in [-0.39, 0.29) is 19.2 Å². The number of alkyl halides is 1. The molecule has 36 heavy (non-hydrogen) atoms. The van der Waals surface area contributed by atoms with Gasteiger partial charge in [0.1, 0.15) is 25.0 Å². The number of benzene rings is 2. The van der Waals surface area contributed by atoms with Crippen LogP contribution in [0.4, 0.5) is 5.95 Å². The third kappa shape index (κ3) is 6.78. The summed E-state index contributed by atoms with van der Waals surface area (Å²) in [7, 11) is -3.45. The minimum Gasteiger partial charge on any atom is -0.489 e. The molecule has 0 amide bonds. The summed E-state index contributed by atoms with van der Waals surface area (Å²) in [6.07, 6.45) is 2.57. The SMILES string of the molecule is Cc1nc(NS(C)(=O)=O)ncc1COc1ccc(C(C)(C)c2cc(Cl)c(OCCCl)c(C#N)c2)cc1. The summed E-state index contributed by atoms with van der Waals surface area (Å²) in [5.74, 6) is 1.29. The monoisotopic (exact) mass is 548 g/mol. The quantitative estimate of drug-likeness (QED) is 0.346. The number of hydrogen-bond donors (Lipinski definition) is 1. The van der Waals surface area contributed by atoms with E-state index in [4.69, 9.17) is 32.7 Å². The Hall–Kier alpha value is -3.06. The van der Waals surface area contributed by atoms with Crippen LogP contribution < -0.4 is 14.2 Å². The molecule has 0 unspecified atom stereocenters. The predicted octanol–water partition coefficient (Wildman–Crippen LogP) is 5.20. The summed E-state index contributed by atoms with van der Waals surface area (Å²) in [5, 5.41) is 9.96. The molecule has 0 bridgehead atoms. The Morgan fingerprint density at radius 1 is 1.14 bits per heavy atom. The zero-order valence-corrected chi connectivity index (χ0v) is 22.6. The van der Waals surface area contributed by atoms with Crippen molar-refractivity contribution in [2.24, 2.45) is 0 Å². The predicted molar refractivity (Wildman–Crippen MR) is 141 cm³/mol. The number of nitriles is 1. The van der Waals surface area contributed by atoms with Gasteiger partial charge in [0.2, 0.25) is 16.0 Å². The highest BCUT2D eigenvalue weighted by Crippen LogP contribution is 2.38. The van der Waals surface area contributed by atoms with Crippen LogP contribution in [0.2, 0.25) is 5.02 Å². The molecule has 11 heteroatoms. The number of ether oxygens (including phenoxy) is 2. The first-order valence-electron chi connectivity index (χ1n) is 10.9. The highest BCUT2D eigenvalue weighted by molar-refractivity contribution is 7.91. The van der Waals surface area contributed by atoms with Gasteiger partial charge < -0.3 is 9.47 Å². The largest absolute Gasteiger partial charge is 0.489 e. The van der Waals surface area contributed by atoms with Gasteiger partial charge in [0.05, 0.1) is 22.7 Å². The van der Waals surface area contributed by atoms with Crippen LogP contribution in [0.5, 0.6) is 11.5 Å². The molecule has 0 radical (unpaired) electrons. The molecule has 0 aliphatic rings. The molecule has 0 atom stereocenters. The van der Waals surface area contributed by atoms with E-state index in [2.05, 4.69) is 20.8 Å². The van der Waals surface area contributed by atoms with E-state index < -0.39 is 15.4 Å². The summed E-state index contributed by atoms with van der Waals surface area (Å²) in [5.41, 5.74) is 3.11. The summed E-state index contributed by atoms with van der Waals surface area (Å²) >= 11 is 12.1. The average Bonchev–Trinajstić information content (AvgIpc) is 2.81. The lowest BCUT2D eigenvalue weighted by Gasteiger charge is -2.27. The van der Waals surface area contributed by atoms with Gasteiger partial charge in [-0.25, -0.2) is 18.4 Å². The summed E-state index contributed by atoms with van der Waals surface area (Å²) in [6, 6.07) is 13.4. The minimum atomic E-state index is -3.45. The van der Waals surface area contributed by atoms with Crippen LogP contribution in [0.15, 0.2) is 42.6 Å². The van der Waals surface area contributed by atoms with E-state index in [0.717, 1.165) is 22.9 Å². The van der Waals surface area contributed by atoms with Gasteiger partial charge in [0, 0.05) is 22.9 Å². The van der Waals surface area contributed by atoms with Crippen molar-refractivity contribution >= 4 is 39.2 Å². The van der Waals surface area contributed by atoms with Gasteiger partial charge >= 0.3 is 0 Å². The maximum absolute atomic E-state index is 11.4. The number of anilines is 1. The number of aryl methyl sites for hydroxylation is 1. The molecule has 0 saturated heterocycles. The average molecular weight is 549 g/mol. The molecule has 2 aromatic carbocycles. The standard InChI is InChI=1S/C25H26Cl2N4O4S/c1-16-18(14-29-24(30-16)31-36(4,32)33)15-35-21-7-5-19(6-8-21)25(2,3)20-11-17(13-28)23(22(27)12-20)34-10-9-26/h5-8,11-12,14H,9-10,15H2,1-4H3,(H,29,30,31). The molecule has 8 nitrogen and oxygen atoms in total. The summed E-state index contributed by atoms with van der Waals surface area (Å²) in [4.78, 5) is 8.19. The molecule has 0 saturated carbocycles. The molecule has 3 rings (SSSR count). The Kier molecular flexibility index (Phi) is 8.67. The maximum atomic E-state index is 11.4. The molecule has 190 valence electrons. The normalized spacial score (nSPS) is 11.6. The van der Waals surface area contributed by atoms with Gasteiger partial charge in [-0.05, 0) is 42.3 Å². The molecule has 0 aliphatic heterocycles. The first kappa shape index (κ1) is 27.5. The second kappa shape index (κ2) is 11.3. The van der Waals surface area contributed by atoms with Crippen LogP contribution in [0.25, 0.3) is 0 Å². The van der Waals surface area contributed by atoms with Gasteiger partial charge in [-0.2, -0.15) is 5.26 Å². The van der Waals surface area contributed by atoms with Crippen molar-refractivity contribution in [1.82, 2.24) is 9.97 Å². The molecule has 3 aromatic rings. The molecule has 0 spiro atoms. The minimum absolute atomic E-state index is 0.0173. The third-order valence-corrected chi connectivity index (χ3v) is 6.53. The number of halogens is 2. The summed E-state index contributed by atoms with van der Waals surface area (Å²) < 4.78 is 36.4. The van der Waals surface area contributed by atoms with E-state index in [1.165, 1.54) is 6.20 Å². The van der Waals surface area contributed by atoms with E-state index in [9.17, 15) is 13.7 Å².